The number of anilines is 1. The van der Waals surface area contributed by atoms with Crippen LogP contribution in [0.15, 0.2) is 48.9 Å². The van der Waals surface area contributed by atoms with E-state index in [1.54, 1.807) is 39.7 Å². The smallest absolute Gasteiger partial charge is 0.280 e. The standard InChI is InChI=1S/C38H39F4N9O3/c1-4-23-16-30(36(41)42)43-20-28(23)26-17-25(24-6-5-9-50(21-24)33(52)7-10-51-11-8-44-47-51)34(40)35-27(26)18-31(46-35)38(53)49-14-12-48(13-15-49)37-32(54-3)19-29(39)22(2)45-37/h6,8,11,16-20,36,46H,4-5,7,9-10,12-15,21H2,1-3H3. The molecular formula is C38H39F4N9O3. The maximum absolute atomic E-state index is 16.8. The number of benzene rings is 1. The van der Waals surface area contributed by atoms with E-state index in [4.69, 9.17) is 4.74 Å². The molecule has 0 saturated carbocycles. The average molecular weight is 746 g/mol. The van der Waals surface area contributed by atoms with Gasteiger partial charge in [-0.2, -0.15) is 0 Å². The normalized spacial score (nSPS) is 15.0. The number of hydrogen-bond donors (Lipinski definition) is 1. The number of hydrogen-bond acceptors (Lipinski definition) is 8. The number of piperazine rings is 1. The predicted molar refractivity (Wildman–Crippen MR) is 193 cm³/mol. The SMILES string of the molecule is CCc1cc(C(F)F)ncc1-c1cc(C2=CCCN(C(=O)CCn3ccnn3)C2)c(F)c2[nH]c(C(=O)N3CCN(c4nc(C)c(F)cc4OC)CC3)cc12. The number of aryl methyl sites for hydroxylation is 3. The van der Waals surface area contributed by atoms with E-state index in [2.05, 4.69) is 25.3 Å². The molecule has 0 unspecified atom stereocenters. The molecule has 16 heteroatoms. The van der Waals surface area contributed by atoms with Gasteiger partial charge in [-0.15, -0.1) is 5.10 Å². The van der Waals surface area contributed by atoms with E-state index in [1.807, 2.05) is 17.9 Å². The van der Waals surface area contributed by atoms with Crippen LogP contribution in [0.2, 0.25) is 0 Å². The van der Waals surface area contributed by atoms with Crippen LogP contribution in [0.4, 0.5) is 23.4 Å². The number of aromatic amines is 1. The summed E-state index contributed by atoms with van der Waals surface area (Å²) < 4.78 is 65.3. The van der Waals surface area contributed by atoms with Gasteiger partial charge >= 0.3 is 0 Å². The first-order valence-corrected chi connectivity index (χ1v) is 17.7. The van der Waals surface area contributed by atoms with Crippen LogP contribution in [0.5, 0.6) is 5.75 Å². The summed E-state index contributed by atoms with van der Waals surface area (Å²) in [7, 11) is 1.44. The second-order valence-electron chi connectivity index (χ2n) is 13.3. The fourth-order valence-electron chi connectivity index (χ4n) is 7.09. The first kappa shape index (κ1) is 36.6. The summed E-state index contributed by atoms with van der Waals surface area (Å²) in [6.45, 7) is 5.80. The lowest BCUT2D eigenvalue weighted by molar-refractivity contribution is -0.131. The van der Waals surface area contributed by atoms with E-state index in [0.29, 0.717) is 91.3 Å². The molecule has 282 valence electrons. The number of aromatic nitrogens is 6. The lowest BCUT2D eigenvalue weighted by Gasteiger charge is -2.35. The Morgan fingerprint density at radius 1 is 1.00 bits per heavy atom. The van der Waals surface area contributed by atoms with Crippen molar-refractivity contribution in [2.24, 2.45) is 0 Å². The van der Waals surface area contributed by atoms with Crippen molar-refractivity contribution < 1.29 is 31.9 Å². The topological polar surface area (TPSA) is 125 Å². The Labute approximate surface area is 308 Å². The summed E-state index contributed by atoms with van der Waals surface area (Å²) >= 11 is 0. The monoisotopic (exact) mass is 745 g/mol. The molecule has 2 aliphatic rings. The number of rotatable bonds is 10. The second kappa shape index (κ2) is 15.3. The van der Waals surface area contributed by atoms with Crippen LogP contribution >= 0.6 is 0 Å². The number of methoxy groups -OCH3 is 1. The number of H-pyrrole nitrogens is 1. The Kier molecular flexibility index (Phi) is 10.3. The third-order valence-corrected chi connectivity index (χ3v) is 10.0. The number of carbonyl (C=O) groups excluding carboxylic acids is 2. The molecule has 0 radical (unpaired) electrons. The fraction of sp³-hybridized carbons (Fsp3) is 0.368. The number of fused-ring (bicyclic) bond motifs is 1. The maximum atomic E-state index is 16.8. The number of halogens is 4. The Morgan fingerprint density at radius 3 is 2.50 bits per heavy atom. The first-order valence-electron chi connectivity index (χ1n) is 17.7. The Morgan fingerprint density at radius 2 is 1.80 bits per heavy atom. The summed E-state index contributed by atoms with van der Waals surface area (Å²) in [6, 6.07) is 5.90. The van der Waals surface area contributed by atoms with Crippen molar-refractivity contribution >= 4 is 34.1 Å². The van der Waals surface area contributed by atoms with Gasteiger partial charge in [0.25, 0.3) is 12.3 Å². The molecule has 1 saturated heterocycles. The molecule has 0 atom stereocenters. The van der Waals surface area contributed by atoms with Crippen molar-refractivity contribution in [3.8, 4) is 16.9 Å². The number of ether oxygens (including phenoxy) is 1. The van der Waals surface area contributed by atoms with Gasteiger partial charge in [-0.3, -0.25) is 19.3 Å². The van der Waals surface area contributed by atoms with Crippen molar-refractivity contribution in [2.75, 3.05) is 51.3 Å². The molecule has 0 bridgehead atoms. The highest BCUT2D eigenvalue weighted by Crippen LogP contribution is 2.39. The molecule has 6 heterocycles. The maximum Gasteiger partial charge on any atom is 0.280 e. The van der Waals surface area contributed by atoms with Gasteiger partial charge in [-0.1, -0.05) is 18.2 Å². The molecule has 5 aromatic rings. The Bertz CT molecular complexity index is 2230. The number of nitrogens with zero attached hydrogens (tertiary/aromatic N) is 8. The first-order chi connectivity index (χ1) is 26.1. The molecular weight excluding hydrogens is 706 g/mol. The number of amides is 2. The van der Waals surface area contributed by atoms with E-state index in [9.17, 15) is 22.8 Å². The number of pyridine rings is 2. The van der Waals surface area contributed by atoms with Crippen molar-refractivity contribution in [1.82, 2.24) is 39.7 Å². The van der Waals surface area contributed by atoms with E-state index < -0.39 is 18.1 Å². The molecule has 1 aromatic carbocycles. The summed E-state index contributed by atoms with van der Waals surface area (Å²) in [6.07, 6.45) is 4.80. The third kappa shape index (κ3) is 7.11. The van der Waals surface area contributed by atoms with Crippen molar-refractivity contribution in [2.45, 2.75) is 46.1 Å². The van der Waals surface area contributed by atoms with Gasteiger partial charge in [-0.25, -0.2) is 22.5 Å². The van der Waals surface area contributed by atoms with Crippen LogP contribution < -0.4 is 9.64 Å². The molecule has 2 amide bonds. The number of alkyl halides is 2. The molecule has 54 heavy (non-hydrogen) atoms. The van der Waals surface area contributed by atoms with Gasteiger partial charge < -0.3 is 24.4 Å². The highest BCUT2D eigenvalue weighted by atomic mass is 19.3. The predicted octanol–water partition coefficient (Wildman–Crippen LogP) is 5.98. The highest BCUT2D eigenvalue weighted by Gasteiger charge is 2.29. The van der Waals surface area contributed by atoms with Crippen molar-refractivity contribution in [3.63, 3.8) is 0 Å². The fourth-order valence-corrected chi connectivity index (χ4v) is 7.09. The molecule has 12 nitrogen and oxygen atoms in total. The minimum atomic E-state index is -2.77. The van der Waals surface area contributed by atoms with E-state index in [-0.39, 0.29) is 52.9 Å². The van der Waals surface area contributed by atoms with Gasteiger partial charge in [-0.05, 0) is 54.7 Å². The highest BCUT2D eigenvalue weighted by molar-refractivity contribution is 6.05. The quantitative estimate of drug-likeness (QED) is 0.173. The van der Waals surface area contributed by atoms with Gasteiger partial charge in [0.1, 0.15) is 17.2 Å². The molecule has 0 aliphatic carbocycles. The minimum Gasteiger partial charge on any atom is -0.493 e. The van der Waals surface area contributed by atoms with E-state index in [0.717, 1.165) is 0 Å². The average Bonchev–Trinajstić information content (AvgIpc) is 3.89. The Hall–Kier alpha value is -5.80. The van der Waals surface area contributed by atoms with Crippen molar-refractivity contribution in [1.29, 1.82) is 0 Å². The van der Waals surface area contributed by atoms with Gasteiger partial charge in [0.2, 0.25) is 5.91 Å². The molecule has 2 aliphatic heterocycles. The molecule has 4 aromatic heterocycles. The van der Waals surface area contributed by atoms with Gasteiger partial charge in [0, 0.05) is 80.7 Å². The third-order valence-electron chi connectivity index (χ3n) is 10.0. The molecule has 1 fully saturated rings. The molecule has 7 rings (SSSR count). The van der Waals surface area contributed by atoms with Crippen LogP contribution in [0, 0.1) is 18.6 Å². The summed E-state index contributed by atoms with van der Waals surface area (Å²) in [4.78, 5) is 43.9. The lowest BCUT2D eigenvalue weighted by atomic mass is 9.91. The zero-order chi connectivity index (χ0) is 38.1. The summed E-state index contributed by atoms with van der Waals surface area (Å²) in [5.74, 6) is -0.762. The molecule has 1 N–H and O–H groups in total. The minimum absolute atomic E-state index is 0.0794. The van der Waals surface area contributed by atoms with Crippen molar-refractivity contribution in [3.05, 3.63) is 88.8 Å². The number of nitrogens with one attached hydrogen (secondary N) is 1. The Balaban J connectivity index is 1.21. The van der Waals surface area contributed by atoms with Crippen LogP contribution in [0.1, 0.15) is 59.2 Å². The van der Waals surface area contributed by atoms with Crippen LogP contribution in [-0.4, -0.2) is 97.9 Å². The van der Waals surface area contributed by atoms with Gasteiger partial charge in [0.05, 0.1) is 31.1 Å². The number of carbonyl (C=O) groups is 2. The zero-order valence-electron chi connectivity index (χ0n) is 30.1. The van der Waals surface area contributed by atoms with E-state index in [1.165, 1.54) is 31.6 Å². The molecule has 0 spiro atoms. The van der Waals surface area contributed by atoms with Crippen LogP contribution in [0.3, 0.4) is 0 Å². The van der Waals surface area contributed by atoms with Gasteiger partial charge in [0.15, 0.2) is 17.4 Å². The second-order valence-corrected chi connectivity index (χ2v) is 13.3. The summed E-state index contributed by atoms with van der Waals surface area (Å²) in [5.41, 5.74) is 2.57. The van der Waals surface area contributed by atoms with Crippen LogP contribution in [-0.2, 0) is 17.8 Å². The van der Waals surface area contributed by atoms with E-state index >= 15 is 4.39 Å². The summed E-state index contributed by atoms with van der Waals surface area (Å²) in [5, 5.41) is 8.08. The lowest BCUT2D eigenvalue weighted by Crippen LogP contribution is -2.49. The van der Waals surface area contributed by atoms with Crippen LogP contribution in [0.25, 0.3) is 27.6 Å². The largest absolute Gasteiger partial charge is 0.493 e. The zero-order valence-corrected chi connectivity index (χ0v) is 30.1.